The topological polar surface area (TPSA) is 92.3 Å². The number of hydrogen-bond donors (Lipinski definition) is 3. The van der Waals surface area contributed by atoms with Gasteiger partial charge in [0.1, 0.15) is 11.9 Å². The number of aryl methyl sites for hydroxylation is 1. The van der Waals surface area contributed by atoms with E-state index in [1.165, 1.54) is 0 Å². The van der Waals surface area contributed by atoms with Crippen LogP contribution in [0, 0.1) is 6.92 Å². The number of aromatic nitrogens is 2. The molecule has 1 rings (SSSR count). The van der Waals surface area contributed by atoms with Crippen LogP contribution in [0.4, 0.5) is 0 Å². The second-order valence-electron chi connectivity index (χ2n) is 2.82. The van der Waals surface area contributed by atoms with Crippen LogP contribution < -0.4 is 5.73 Å². The third kappa shape index (κ3) is 2.45. The Balaban J connectivity index is 2.82. The number of aliphatic hydroxyl groups is 2. The van der Waals surface area contributed by atoms with E-state index in [4.69, 9.17) is 10.8 Å². The Morgan fingerprint density at radius 3 is 2.85 bits per heavy atom. The van der Waals surface area contributed by atoms with Crippen molar-refractivity contribution in [2.75, 3.05) is 6.61 Å². The maximum atomic E-state index is 9.54. The largest absolute Gasteiger partial charge is 0.395 e. The molecule has 0 bridgehead atoms. The molecule has 72 valence electrons. The first-order valence-electron chi connectivity index (χ1n) is 3.99. The van der Waals surface area contributed by atoms with E-state index in [1.807, 2.05) is 0 Å². The zero-order chi connectivity index (χ0) is 9.84. The zero-order valence-electron chi connectivity index (χ0n) is 7.38. The Bertz CT molecular complexity index is 280. The number of aliphatic hydroxyl groups excluding tert-OH is 2. The van der Waals surface area contributed by atoms with Crippen LogP contribution in [0.15, 0.2) is 12.3 Å². The van der Waals surface area contributed by atoms with Gasteiger partial charge in [0.05, 0.1) is 18.3 Å². The molecule has 2 unspecified atom stereocenters. The standard InChI is InChI=1S/C8H13N3O2/c1-5-10-3-2-7(11-5)8(13)6(9)4-12/h2-3,6,8,12-13H,4,9H2,1H3. The van der Waals surface area contributed by atoms with Crippen molar-refractivity contribution in [1.82, 2.24) is 9.97 Å². The molecule has 1 aromatic heterocycles. The highest BCUT2D eigenvalue weighted by molar-refractivity contribution is 5.07. The summed E-state index contributed by atoms with van der Waals surface area (Å²) in [4.78, 5) is 7.87. The molecule has 5 heteroatoms. The second-order valence-corrected chi connectivity index (χ2v) is 2.82. The summed E-state index contributed by atoms with van der Waals surface area (Å²) < 4.78 is 0. The van der Waals surface area contributed by atoms with Crippen LogP contribution in [0.1, 0.15) is 17.6 Å². The molecule has 1 heterocycles. The number of hydrogen-bond acceptors (Lipinski definition) is 5. The first kappa shape index (κ1) is 10.0. The quantitative estimate of drug-likeness (QED) is 0.567. The average molecular weight is 183 g/mol. The summed E-state index contributed by atoms with van der Waals surface area (Å²) in [5, 5.41) is 18.2. The van der Waals surface area contributed by atoms with Crippen LogP contribution in [-0.4, -0.2) is 32.8 Å². The van der Waals surface area contributed by atoms with E-state index < -0.39 is 12.1 Å². The third-order valence-corrected chi connectivity index (χ3v) is 1.72. The van der Waals surface area contributed by atoms with E-state index in [1.54, 1.807) is 19.2 Å². The van der Waals surface area contributed by atoms with Crippen LogP contribution in [0.25, 0.3) is 0 Å². The number of nitrogens with two attached hydrogens (primary N) is 1. The van der Waals surface area contributed by atoms with Crippen LogP contribution in [0.2, 0.25) is 0 Å². The molecule has 0 aliphatic carbocycles. The van der Waals surface area contributed by atoms with Gasteiger partial charge in [-0.2, -0.15) is 0 Å². The van der Waals surface area contributed by atoms with Gasteiger partial charge in [-0.05, 0) is 13.0 Å². The van der Waals surface area contributed by atoms with E-state index in [0.29, 0.717) is 11.5 Å². The average Bonchev–Trinajstić information content (AvgIpc) is 2.15. The molecule has 5 nitrogen and oxygen atoms in total. The summed E-state index contributed by atoms with van der Waals surface area (Å²) in [7, 11) is 0. The van der Waals surface area contributed by atoms with Gasteiger partial charge in [-0.15, -0.1) is 0 Å². The molecule has 0 radical (unpaired) electrons. The van der Waals surface area contributed by atoms with E-state index in [-0.39, 0.29) is 6.61 Å². The highest BCUT2D eigenvalue weighted by Gasteiger charge is 2.17. The fourth-order valence-electron chi connectivity index (χ4n) is 0.958. The van der Waals surface area contributed by atoms with Crippen LogP contribution in [0.5, 0.6) is 0 Å². The molecule has 2 atom stereocenters. The number of rotatable bonds is 3. The van der Waals surface area contributed by atoms with E-state index >= 15 is 0 Å². The molecule has 0 saturated heterocycles. The van der Waals surface area contributed by atoms with Crippen molar-refractivity contribution in [1.29, 1.82) is 0 Å². The number of nitrogens with zero attached hydrogens (tertiary/aromatic N) is 2. The molecular weight excluding hydrogens is 170 g/mol. The highest BCUT2D eigenvalue weighted by Crippen LogP contribution is 2.11. The smallest absolute Gasteiger partial charge is 0.125 e. The highest BCUT2D eigenvalue weighted by atomic mass is 16.3. The lowest BCUT2D eigenvalue weighted by Gasteiger charge is -2.15. The lowest BCUT2D eigenvalue weighted by molar-refractivity contribution is 0.106. The first-order valence-corrected chi connectivity index (χ1v) is 3.99. The molecular formula is C8H13N3O2. The maximum Gasteiger partial charge on any atom is 0.125 e. The minimum Gasteiger partial charge on any atom is -0.395 e. The van der Waals surface area contributed by atoms with Crippen LogP contribution in [-0.2, 0) is 0 Å². The monoisotopic (exact) mass is 183 g/mol. The van der Waals surface area contributed by atoms with Gasteiger partial charge in [0.25, 0.3) is 0 Å². The SMILES string of the molecule is Cc1nccc(C(O)C(N)CO)n1. The molecule has 0 aliphatic heterocycles. The van der Waals surface area contributed by atoms with Crippen molar-refractivity contribution in [3.8, 4) is 0 Å². The summed E-state index contributed by atoms with van der Waals surface area (Å²) in [6, 6.07) is 0.877. The van der Waals surface area contributed by atoms with Crippen LogP contribution in [0.3, 0.4) is 0 Å². The molecule has 0 saturated carbocycles. The summed E-state index contributed by atoms with van der Waals surface area (Å²) in [5.74, 6) is 0.571. The van der Waals surface area contributed by atoms with Crippen molar-refractivity contribution < 1.29 is 10.2 Å². The van der Waals surface area contributed by atoms with Gasteiger partial charge < -0.3 is 15.9 Å². The summed E-state index contributed by atoms with van der Waals surface area (Å²) >= 11 is 0. The zero-order valence-corrected chi connectivity index (χ0v) is 7.38. The third-order valence-electron chi connectivity index (χ3n) is 1.72. The van der Waals surface area contributed by atoms with Gasteiger partial charge in [0.15, 0.2) is 0 Å². The van der Waals surface area contributed by atoms with Gasteiger partial charge in [0.2, 0.25) is 0 Å². The lowest BCUT2D eigenvalue weighted by atomic mass is 10.1. The Labute approximate surface area is 76.3 Å². The maximum absolute atomic E-state index is 9.54. The van der Waals surface area contributed by atoms with Gasteiger partial charge in [0, 0.05) is 6.20 Å². The van der Waals surface area contributed by atoms with Gasteiger partial charge in [-0.1, -0.05) is 0 Å². The van der Waals surface area contributed by atoms with Crippen molar-refractivity contribution in [2.24, 2.45) is 5.73 Å². The molecule has 0 aromatic carbocycles. The van der Waals surface area contributed by atoms with E-state index in [9.17, 15) is 5.11 Å². The molecule has 1 aromatic rings. The first-order chi connectivity index (χ1) is 6.15. The molecule has 0 amide bonds. The predicted molar refractivity (Wildman–Crippen MR) is 46.8 cm³/mol. The Morgan fingerprint density at radius 2 is 2.31 bits per heavy atom. The molecule has 13 heavy (non-hydrogen) atoms. The van der Waals surface area contributed by atoms with Gasteiger partial charge in [-0.25, -0.2) is 9.97 Å². The molecule has 0 fully saturated rings. The minimum atomic E-state index is -0.938. The van der Waals surface area contributed by atoms with Crippen molar-refractivity contribution in [3.05, 3.63) is 23.8 Å². The summed E-state index contributed by atoms with van der Waals surface area (Å²) in [6.07, 6.45) is 0.608. The summed E-state index contributed by atoms with van der Waals surface area (Å²) in [5.41, 5.74) is 5.88. The molecule has 0 aliphatic rings. The fraction of sp³-hybridized carbons (Fsp3) is 0.500. The minimum absolute atomic E-state index is 0.274. The Morgan fingerprint density at radius 1 is 1.62 bits per heavy atom. The van der Waals surface area contributed by atoms with Gasteiger partial charge >= 0.3 is 0 Å². The Kier molecular flexibility index (Phi) is 3.30. The van der Waals surface area contributed by atoms with Crippen molar-refractivity contribution >= 4 is 0 Å². The fourth-order valence-corrected chi connectivity index (χ4v) is 0.958. The predicted octanol–water partition coefficient (Wildman–Crippen LogP) is -0.862. The molecule has 0 spiro atoms. The normalized spacial score (nSPS) is 15.4. The van der Waals surface area contributed by atoms with Crippen LogP contribution >= 0.6 is 0 Å². The van der Waals surface area contributed by atoms with E-state index in [0.717, 1.165) is 0 Å². The Hall–Kier alpha value is -1.04. The summed E-state index contributed by atoms with van der Waals surface area (Å²) in [6.45, 7) is 1.45. The lowest BCUT2D eigenvalue weighted by Crippen LogP contribution is -2.32. The second kappa shape index (κ2) is 4.27. The van der Waals surface area contributed by atoms with Crippen molar-refractivity contribution in [3.63, 3.8) is 0 Å². The van der Waals surface area contributed by atoms with Gasteiger partial charge in [-0.3, -0.25) is 0 Å². The van der Waals surface area contributed by atoms with E-state index in [2.05, 4.69) is 9.97 Å². The van der Waals surface area contributed by atoms with Crippen molar-refractivity contribution in [2.45, 2.75) is 19.1 Å². The molecule has 4 N–H and O–H groups in total.